The maximum Gasteiger partial charge on any atom is 0.138 e. The molecule has 0 aromatic heterocycles. The minimum atomic E-state index is 0.169. The van der Waals surface area contributed by atoms with Gasteiger partial charge in [0.15, 0.2) is 0 Å². The Morgan fingerprint density at radius 3 is 2.79 bits per heavy atom. The van der Waals surface area contributed by atoms with Crippen molar-refractivity contribution < 1.29 is 5.11 Å². The lowest BCUT2D eigenvalue weighted by Gasteiger charge is -2.21. The van der Waals surface area contributed by atoms with Crippen LogP contribution in [-0.2, 0) is 6.54 Å². The molecule has 1 heterocycles. The molecule has 2 nitrogen and oxygen atoms in total. The van der Waals surface area contributed by atoms with Crippen LogP contribution in [0, 0.1) is 5.92 Å². The lowest BCUT2D eigenvalue weighted by molar-refractivity contribution is 0.268. The minimum absolute atomic E-state index is 0.169. The van der Waals surface area contributed by atoms with Gasteiger partial charge in [0.05, 0.1) is 5.02 Å². The predicted octanol–water partition coefficient (Wildman–Crippen LogP) is 4.71. The fourth-order valence-corrected chi connectivity index (χ4v) is 3.31. The number of rotatable bonds is 3. The molecule has 106 valence electrons. The standard InChI is InChI=1S/C15H21Cl2NO/c1-2-11-4-3-6-18(7-5-11)10-12-8-13(16)9-14(17)15(12)19/h8-9,11,19H,2-7,10H2,1H3. The number of benzene rings is 1. The van der Waals surface area contributed by atoms with E-state index in [1.807, 2.05) is 6.07 Å². The Morgan fingerprint density at radius 1 is 1.26 bits per heavy atom. The lowest BCUT2D eigenvalue weighted by atomic mass is 9.98. The molecule has 0 bridgehead atoms. The summed E-state index contributed by atoms with van der Waals surface area (Å²) in [6.45, 7) is 5.16. The molecule has 0 radical (unpaired) electrons. The number of hydrogen-bond donors (Lipinski definition) is 1. The Morgan fingerprint density at radius 2 is 2.05 bits per heavy atom. The summed E-state index contributed by atoms with van der Waals surface area (Å²) in [7, 11) is 0. The number of likely N-dealkylation sites (tertiary alicyclic amines) is 1. The molecule has 0 amide bonds. The zero-order valence-electron chi connectivity index (χ0n) is 11.3. The van der Waals surface area contributed by atoms with Crippen LogP contribution in [0.2, 0.25) is 10.0 Å². The van der Waals surface area contributed by atoms with E-state index in [9.17, 15) is 5.11 Å². The molecule has 1 atom stereocenters. The normalized spacial score (nSPS) is 21.3. The van der Waals surface area contributed by atoms with Gasteiger partial charge in [0.2, 0.25) is 0 Å². The van der Waals surface area contributed by atoms with Gasteiger partial charge < -0.3 is 5.11 Å². The quantitative estimate of drug-likeness (QED) is 0.874. The van der Waals surface area contributed by atoms with Crippen molar-refractivity contribution >= 4 is 23.2 Å². The van der Waals surface area contributed by atoms with Gasteiger partial charge in [0.25, 0.3) is 0 Å². The Balaban J connectivity index is 2.05. The van der Waals surface area contributed by atoms with E-state index in [4.69, 9.17) is 23.2 Å². The van der Waals surface area contributed by atoms with Gasteiger partial charge >= 0.3 is 0 Å². The Kier molecular flexibility index (Phi) is 5.37. The predicted molar refractivity (Wildman–Crippen MR) is 81.0 cm³/mol. The fraction of sp³-hybridized carbons (Fsp3) is 0.600. The van der Waals surface area contributed by atoms with Gasteiger partial charge in [-0.25, -0.2) is 0 Å². The molecule has 1 aliphatic heterocycles. The van der Waals surface area contributed by atoms with Crippen LogP contribution >= 0.6 is 23.2 Å². The van der Waals surface area contributed by atoms with E-state index in [0.717, 1.165) is 31.1 Å². The molecular formula is C15H21Cl2NO. The van der Waals surface area contributed by atoms with Gasteiger partial charge in [0.1, 0.15) is 5.75 Å². The molecule has 1 saturated heterocycles. The van der Waals surface area contributed by atoms with Crippen LogP contribution in [0.3, 0.4) is 0 Å². The molecule has 0 spiro atoms. The van der Waals surface area contributed by atoms with Crippen molar-refractivity contribution in [2.24, 2.45) is 5.92 Å². The van der Waals surface area contributed by atoms with Crippen molar-refractivity contribution in [1.29, 1.82) is 0 Å². The highest BCUT2D eigenvalue weighted by Gasteiger charge is 2.17. The number of nitrogens with zero attached hydrogens (tertiary/aromatic N) is 1. The summed E-state index contributed by atoms with van der Waals surface area (Å²) in [4.78, 5) is 2.39. The van der Waals surface area contributed by atoms with E-state index in [-0.39, 0.29) is 5.75 Å². The van der Waals surface area contributed by atoms with Crippen molar-refractivity contribution in [1.82, 2.24) is 4.90 Å². The molecule has 1 aliphatic rings. The van der Waals surface area contributed by atoms with E-state index in [1.165, 1.54) is 25.7 Å². The maximum atomic E-state index is 10.0. The van der Waals surface area contributed by atoms with Gasteiger partial charge in [0, 0.05) is 17.1 Å². The fourth-order valence-electron chi connectivity index (χ4n) is 2.77. The highest BCUT2D eigenvalue weighted by Crippen LogP contribution is 2.32. The zero-order valence-corrected chi connectivity index (χ0v) is 12.8. The van der Waals surface area contributed by atoms with E-state index < -0.39 is 0 Å². The highest BCUT2D eigenvalue weighted by atomic mass is 35.5. The van der Waals surface area contributed by atoms with Crippen molar-refractivity contribution in [3.05, 3.63) is 27.7 Å². The number of aromatic hydroxyl groups is 1. The molecule has 4 heteroatoms. The van der Waals surface area contributed by atoms with Gasteiger partial charge in [-0.05, 0) is 50.4 Å². The third-order valence-electron chi connectivity index (χ3n) is 4.02. The third kappa shape index (κ3) is 4.01. The first-order chi connectivity index (χ1) is 9.10. The molecule has 1 fully saturated rings. The average Bonchev–Trinajstić information content (AvgIpc) is 2.60. The summed E-state index contributed by atoms with van der Waals surface area (Å²) in [5.74, 6) is 1.02. The smallest absolute Gasteiger partial charge is 0.138 e. The van der Waals surface area contributed by atoms with Gasteiger partial charge in [-0.3, -0.25) is 4.90 Å². The summed E-state index contributed by atoms with van der Waals surface area (Å²) in [5.41, 5.74) is 0.826. The number of hydrogen-bond acceptors (Lipinski definition) is 2. The second-order valence-electron chi connectivity index (χ2n) is 5.38. The van der Waals surface area contributed by atoms with E-state index >= 15 is 0 Å². The Bertz CT molecular complexity index is 436. The molecule has 0 saturated carbocycles. The van der Waals surface area contributed by atoms with Crippen LogP contribution in [0.15, 0.2) is 12.1 Å². The van der Waals surface area contributed by atoms with Gasteiger partial charge in [-0.2, -0.15) is 0 Å². The van der Waals surface area contributed by atoms with Crippen LogP contribution in [0.25, 0.3) is 0 Å². The molecule has 0 aliphatic carbocycles. The van der Waals surface area contributed by atoms with Crippen LogP contribution in [0.4, 0.5) is 0 Å². The van der Waals surface area contributed by atoms with Crippen molar-refractivity contribution in [3.63, 3.8) is 0 Å². The topological polar surface area (TPSA) is 23.5 Å². The van der Waals surface area contributed by atoms with E-state index in [2.05, 4.69) is 11.8 Å². The molecule has 19 heavy (non-hydrogen) atoms. The molecule has 2 rings (SSSR count). The summed E-state index contributed by atoms with van der Waals surface area (Å²) in [6, 6.07) is 3.39. The van der Waals surface area contributed by atoms with E-state index in [1.54, 1.807) is 6.07 Å². The van der Waals surface area contributed by atoms with Crippen molar-refractivity contribution in [2.45, 2.75) is 39.2 Å². The summed E-state index contributed by atoms with van der Waals surface area (Å²) >= 11 is 12.0. The van der Waals surface area contributed by atoms with Gasteiger partial charge in [-0.1, -0.05) is 36.5 Å². The summed E-state index contributed by atoms with van der Waals surface area (Å²) < 4.78 is 0. The second kappa shape index (κ2) is 6.83. The summed E-state index contributed by atoms with van der Waals surface area (Å²) in [6.07, 6.45) is 5.05. The van der Waals surface area contributed by atoms with Crippen LogP contribution in [-0.4, -0.2) is 23.1 Å². The largest absolute Gasteiger partial charge is 0.506 e. The molecule has 1 unspecified atom stereocenters. The Labute approximate surface area is 125 Å². The van der Waals surface area contributed by atoms with Crippen LogP contribution in [0.5, 0.6) is 5.75 Å². The average molecular weight is 302 g/mol. The first kappa shape index (κ1) is 15.0. The number of phenols is 1. The zero-order chi connectivity index (χ0) is 13.8. The molecule has 1 N–H and O–H groups in total. The summed E-state index contributed by atoms with van der Waals surface area (Å²) in [5, 5.41) is 10.9. The van der Waals surface area contributed by atoms with E-state index in [0.29, 0.717) is 10.0 Å². The molecule has 1 aromatic carbocycles. The van der Waals surface area contributed by atoms with Crippen molar-refractivity contribution in [3.8, 4) is 5.75 Å². The first-order valence-electron chi connectivity index (χ1n) is 6.99. The number of halogens is 2. The molecule has 1 aromatic rings. The SMILES string of the molecule is CCC1CCCN(Cc2cc(Cl)cc(Cl)c2O)CC1. The molecular weight excluding hydrogens is 281 g/mol. The van der Waals surface area contributed by atoms with Crippen LogP contribution in [0.1, 0.15) is 38.2 Å². The first-order valence-corrected chi connectivity index (χ1v) is 7.75. The minimum Gasteiger partial charge on any atom is -0.506 e. The third-order valence-corrected chi connectivity index (χ3v) is 4.53. The van der Waals surface area contributed by atoms with Crippen molar-refractivity contribution in [2.75, 3.05) is 13.1 Å². The maximum absolute atomic E-state index is 10.0. The highest BCUT2D eigenvalue weighted by molar-refractivity contribution is 6.35. The number of phenolic OH excluding ortho intramolecular Hbond substituents is 1. The van der Waals surface area contributed by atoms with Crippen LogP contribution < -0.4 is 0 Å². The monoisotopic (exact) mass is 301 g/mol. The second-order valence-corrected chi connectivity index (χ2v) is 6.22. The Hall–Kier alpha value is -0.440. The van der Waals surface area contributed by atoms with Gasteiger partial charge in [-0.15, -0.1) is 0 Å². The lowest BCUT2D eigenvalue weighted by Crippen LogP contribution is -2.24.